The summed E-state index contributed by atoms with van der Waals surface area (Å²) in [5.74, 6) is 1.39. The topological polar surface area (TPSA) is 91.8 Å². The van der Waals surface area contributed by atoms with Crippen LogP contribution in [0.5, 0.6) is 11.5 Å². The first-order valence-corrected chi connectivity index (χ1v) is 8.88. The normalized spacial score (nSPS) is 10.0. The van der Waals surface area contributed by atoms with Crippen LogP contribution in [0.25, 0.3) is 22.5 Å². The van der Waals surface area contributed by atoms with Crippen molar-refractivity contribution in [2.75, 3.05) is 13.2 Å². The van der Waals surface area contributed by atoms with Crippen LogP contribution < -0.4 is 9.47 Å². The van der Waals surface area contributed by atoms with Crippen molar-refractivity contribution in [3.05, 3.63) is 59.9 Å². The van der Waals surface area contributed by atoms with Gasteiger partial charge in [-0.25, -0.2) is 9.97 Å². The van der Waals surface area contributed by atoms with Crippen molar-refractivity contribution in [2.24, 2.45) is 0 Å². The minimum absolute atomic E-state index is 0.0102. The van der Waals surface area contributed by atoms with Crippen LogP contribution in [0.4, 0.5) is 0 Å². The minimum Gasteiger partial charge on any atom is -0.494 e. The van der Waals surface area contributed by atoms with Crippen molar-refractivity contribution in [3.8, 4) is 46.2 Å². The molecule has 0 aliphatic carbocycles. The van der Waals surface area contributed by atoms with E-state index in [1.54, 1.807) is 0 Å². The number of aromatic nitrogens is 2. The van der Waals surface area contributed by atoms with Crippen molar-refractivity contribution < 1.29 is 9.47 Å². The fraction of sp³-hybridized carbons (Fsp3) is 0.182. The molecule has 0 aliphatic rings. The second-order valence-corrected chi connectivity index (χ2v) is 5.76. The van der Waals surface area contributed by atoms with Gasteiger partial charge in [-0.05, 0) is 38.1 Å². The van der Waals surface area contributed by atoms with Gasteiger partial charge in [0, 0.05) is 11.1 Å². The summed E-state index contributed by atoms with van der Waals surface area (Å²) in [5, 5.41) is 18.8. The predicted octanol–water partition coefficient (Wildman–Crippen LogP) is 4.35. The summed E-state index contributed by atoms with van der Waals surface area (Å²) < 4.78 is 11.2. The molecule has 2 aromatic carbocycles. The average molecular weight is 370 g/mol. The molecular weight excluding hydrogens is 352 g/mol. The van der Waals surface area contributed by atoms with E-state index < -0.39 is 0 Å². The largest absolute Gasteiger partial charge is 0.494 e. The fourth-order valence-electron chi connectivity index (χ4n) is 2.79. The number of nitriles is 2. The van der Waals surface area contributed by atoms with Crippen LogP contribution in [-0.4, -0.2) is 23.2 Å². The molecule has 0 radical (unpaired) electrons. The van der Waals surface area contributed by atoms with Crippen molar-refractivity contribution in [1.82, 2.24) is 9.97 Å². The van der Waals surface area contributed by atoms with Gasteiger partial charge in [-0.2, -0.15) is 10.5 Å². The Hall–Kier alpha value is -3.90. The van der Waals surface area contributed by atoms with Gasteiger partial charge in [-0.15, -0.1) is 0 Å². The molecule has 0 aliphatic heterocycles. The van der Waals surface area contributed by atoms with Gasteiger partial charge in [-0.3, -0.25) is 0 Å². The molecule has 1 heterocycles. The Balaban J connectivity index is 2.24. The molecule has 0 fully saturated rings. The van der Waals surface area contributed by atoms with Gasteiger partial charge in [0.05, 0.1) is 24.6 Å². The van der Waals surface area contributed by atoms with Gasteiger partial charge in [0.15, 0.2) is 11.4 Å². The molecule has 0 amide bonds. The van der Waals surface area contributed by atoms with E-state index in [1.165, 1.54) is 0 Å². The molecule has 6 heteroatoms. The Kier molecular flexibility index (Phi) is 5.84. The highest BCUT2D eigenvalue weighted by Crippen LogP contribution is 2.33. The first-order chi connectivity index (χ1) is 13.7. The first-order valence-electron chi connectivity index (χ1n) is 8.88. The van der Waals surface area contributed by atoms with Gasteiger partial charge in [0.1, 0.15) is 23.6 Å². The van der Waals surface area contributed by atoms with Crippen molar-refractivity contribution in [1.29, 1.82) is 10.5 Å². The van der Waals surface area contributed by atoms with E-state index in [2.05, 4.69) is 9.97 Å². The lowest BCUT2D eigenvalue weighted by molar-refractivity contribution is 0.340. The zero-order chi connectivity index (χ0) is 19.9. The lowest BCUT2D eigenvalue weighted by Gasteiger charge is -2.12. The summed E-state index contributed by atoms with van der Waals surface area (Å²) in [4.78, 5) is 8.89. The maximum absolute atomic E-state index is 9.39. The maximum Gasteiger partial charge on any atom is 0.177 e. The zero-order valence-corrected chi connectivity index (χ0v) is 15.6. The van der Waals surface area contributed by atoms with E-state index in [9.17, 15) is 10.5 Å². The van der Waals surface area contributed by atoms with Crippen LogP contribution in [0.3, 0.4) is 0 Å². The molecule has 28 heavy (non-hydrogen) atoms. The SMILES string of the molecule is CCOc1cccc(-c2nc(C#N)c(C#N)nc2-c2cccc(OCC)c2)c1. The molecule has 1 aromatic heterocycles. The van der Waals surface area contributed by atoms with Gasteiger partial charge in [-0.1, -0.05) is 24.3 Å². The third-order valence-electron chi connectivity index (χ3n) is 3.94. The lowest BCUT2D eigenvalue weighted by Crippen LogP contribution is -2.02. The van der Waals surface area contributed by atoms with Crippen LogP contribution in [0.15, 0.2) is 48.5 Å². The molecule has 0 atom stereocenters. The third kappa shape index (κ3) is 3.92. The second-order valence-electron chi connectivity index (χ2n) is 5.76. The Labute approximate surface area is 163 Å². The van der Waals surface area contributed by atoms with Crippen molar-refractivity contribution >= 4 is 0 Å². The second kappa shape index (κ2) is 8.66. The highest BCUT2D eigenvalue weighted by atomic mass is 16.5. The number of nitrogens with zero attached hydrogens (tertiary/aromatic N) is 4. The van der Waals surface area contributed by atoms with E-state index in [-0.39, 0.29) is 11.4 Å². The van der Waals surface area contributed by atoms with Gasteiger partial charge in [0.25, 0.3) is 0 Å². The van der Waals surface area contributed by atoms with Crippen molar-refractivity contribution in [2.45, 2.75) is 13.8 Å². The predicted molar refractivity (Wildman–Crippen MR) is 105 cm³/mol. The van der Waals surface area contributed by atoms with E-state index in [0.717, 1.165) is 11.1 Å². The van der Waals surface area contributed by atoms with Gasteiger partial charge in [0.2, 0.25) is 0 Å². The summed E-state index contributed by atoms with van der Waals surface area (Å²) in [6, 6.07) is 18.7. The number of ether oxygens (including phenoxy) is 2. The number of benzene rings is 2. The first kappa shape index (κ1) is 18.9. The molecule has 0 N–H and O–H groups in total. The molecular formula is C22H18N4O2. The zero-order valence-electron chi connectivity index (χ0n) is 15.6. The summed E-state index contributed by atoms with van der Waals surface area (Å²) in [6.45, 7) is 4.89. The van der Waals surface area contributed by atoms with Crippen LogP contribution in [-0.2, 0) is 0 Å². The maximum atomic E-state index is 9.39. The Morgan fingerprint density at radius 1 is 0.750 bits per heavy atom. The summed E-state index contributed by atoms with van der Waals surface area (Å²) >= 11 is 0. The van der Waals surface area contributed by atoms with Gasteiger partial charge < -0.3 is 9.47 Å². The monoisotopic (exact) mass is 370 g/mol. The minimum atomic E-state index is -0.0102. The number of hydrogen-bond donors (Lipinski definition) is 0. The smallest absolute Gasteiger partial charge is 0.177 e. The molecule has 0 saturated heterocycles. The molecule has 138 valence electrons. The molecule has 6 nitrogen and oxygen atoms in total. The number of hydrogen-bond acceptors (Lipinski definition) is 6. The van der Waals surface area contributed by atoms with E-state index >= 15 is 0 Å². The fourth-order valence-corrected chi connectivity index (χ4v) is 2.79. The standard InChI is InChI=1S/C22H18N4O2/c1-3-27-17-9-5-7-15(11-17)21-22(26-20(14-24)19(13-23)25-21)16-8-6-10-18(12-16)28-4-2/h5-12H,3-4H2,1-2H3. The van der Waals surface area contributed by atoms with Crippen LogP contribution in [0, 0.1) is 22.7 Å². The van der Waals surface area contributed by atoms with Crippen LogP contribution in [0.1, 0.15) is 25.2 Å². The Bertz CT molecular complexity index is 994. The highest BCUT2D eigenvalue weighted by Gasteiger charge is 2.17. The average Bonchev–Trinajstić information content (AvgIpc) is 2.73. The molecule has 0 bridgehead atoms. The highest BCUT2D eigenvalue weighted by molar-refractivity contribution is 5.79. The summed E-state index contributed by atoms with van der Waals surface area (Å²) in [5.41, 5.74) is 2.48. The van der Waals surface area contributed by atoms with E-state index in [0.29, 0.717) is 36.1 Å². The summed E-state index contributed by atoms with van der Waals surface area (Å²) in [6.07, 6.45) is 0. The van der Waals surface area contributed by atoms with Crippen LogP contribution >= 0.6 is 0 Å². The van der Waals surface area contributed by atoms with E-state index in [4.69, 9.17) is 9.47 Å². The Morgan fingerprint density at radius 3 is 1.54 bits per heavy atom. The third-order valence-corrected chi connectivity index (χ3v) is 3.94. The Morgan fingerprint density at radius 2 is 1.18 bits per heavy atom. The quantitative estimate of drug-likeness (QED) is 0.640. The van der Waals surface area contributed by atoms with Gasteiger partial charge >= 0.3 is 0 Å². The van der Waals surface area contributed by atoms with Crippen molar-refractivity contribution in [3.63, 3.8) is 0 Å². The molecule has 0 saturated carbocycles. The lowest BCUT2D eigenvalue weighted by atomic mass is 10.0. The molecule has 3 rings (SSSR count). The molecule has 0 spiro atoms. The number of rotatable bonds is 6. The van der Waals surface area contributed by atoms with E-state index in [1.807, 2.05) is 74.5 Å². The summed E-state index contributed by atoms with van der Waals surface area (Å²) in [7, 11) is 0. The molecule has 3 aromatic rings. The van der Waals surface area contributed by atoms with Crippen LogP contribution in [0.2, 0.25) is 0 Å². The molecule has 0 unspecified atom stereocenters.